The normalized spacial score (nSPS) is 30.5. The standard InChI is InChI=1S/C16H26N4O2/c17-14-9-13(1-2-15(14)21)16(22)20-6-3-12(4-7-20)10-19-8-5-18-11-19/h5,8,11-15,21H,1-4,6-7,9-10,17H2/t13-,14+,15+/m0/s1. The summed E-state index contributed by atoms with van der Waals surface area (Å²) in [5, 5.41) is 9.69. The van der Waals surface area contributed by atoms with E-state index in [1.54, 1.807) is 6.20 Å². The van der Waals surface area contributed by atoms with Gasteiger partial charge in [-0.25, -0.2) is 4.98 Å². The first kappa shape index (κ1) is 15.5. The lowest BCUT2D eigenvalue weighted by Crippen LogP contribution is -2.48. The van der Waals surface area contributed by atoms with Gasteiger partial charge in [0.2, 0.25) is 5.91 Å². The minimum Gasteiger partial charge on any atom is -0.392 e. The second kappa shape index (κ2) is 6.79. The van der Waals surface area contributed by atoms with E-state index in [-0.39, 0.29) is 17.9 Å². The van der Waals surface area contributed by atoms with Gasteiger partial charge in [0.15, 0.2) is 0 Å². The van der Waals surface area contributed by atoms with Crippen molar-refractivity contribution in [2.45, 2.75) is 50.8 Å². The summed E-state index contributed by atoms with van der Waals surface area (Å²) in [6.07, 6.45) is 9.34. The Bertz CT molecular complexity index is 482. The van der Waals surface area contributed by atoms with Gasteiger partial charge in [-0.3, -0.25) is 4.79 Å². The molecule has 1 saturated heterocycles. The Balaban J connectivity index is 1.47. The first-order chi connectivity index (χ1) is 10.6. The molecular formula is C16H26N4O2. The molecule has 0 spiro atoms. The highest BCUT2D eigenvalue weighted by molar-refractivity contribution is 5.79. The highest BCUT2D eigenvalue weighted by Crippen LogP contribution is 2.27. The topological polar surface area (TPSA) is 84.4 Å². The molecule has 22 heavy (non-hydrogen) atoms. The lowest BCUT2D eigenvalue weighted by Gasteiger charge is -2.37. The molecule has 122 valence electrons. The Morgan fingerprint density at radius 1 is 1.27 bits per heavy atom. The van der Waals surface area contributed by atoms with E-state index in [1.165, 1.54) is 0 Å². The Labute approximate surface area is 131 Å². The third kappa shape index (κ3) is 3.50. The molecule has 1 aromatic heterocycles. The van der Waals surface area contributed by atoms with Crippen LogP contribution in [-0.2, 0) is 11.3 Å². The average molecular weight is 306 g/mol. The first-order valence-electron chi connectivity index (χ1n) is 8.31. The summed E-state index contributed by atoms with van der Waals surface area (Å²) in [4.78, 5) is 18.7. The van der Waals surface area contributed by atoms with Crippen LogP contribution in [0.4, 0.5) is 0 Å². The lowest BCUT2D eigenvalue weighted by molar-refractivity contribution is -0.139. The minimum absolute atomic E-state index is 0.00333. The van der Waals surface area contributed by atoms with Crippen molar-refractivity contribution in [3.63, 3.8) is 0 Å². The predicted molar refractivity (Wildman–Crippen MR) is 82.9 cm³/mol. The summed E-state index contributed by atoms with van der Waals surface area (Å²) in [6.45, 7) is 2.67. The van der Waals surface area contributed by atoms with E-state index in [2.05, 4.69) is 9.55 Å². The molecule has 6 heteroatoms. The van der Waals surface area contributed by atoms with Crippen LogP contribution in [0.3, 0.4) is 0 Å². The van der Waals surface area contributed by atoms with Crippen molar-refractivity contribution in [1.29, 1.82) is 0 Å². The van der Waals surface area contributed by atoms with Gasteiger partial charge in [0.25, 0.3) is 0 Å². The molecule has 0 radical (unpaired) electrons. The molecule has 0 unspecified atom stereocenters. The third-order valence-corrected chi connectivity index (χ3v) is 5.17. The number of carbonyl (C=O) groups excluding carboxylic acids is 1. The number of imidazole rings is 1. The van der Waals surface area contributed by atoms with Crippen LogP contribution in [0.2, 0.25) is 0 Å². The molecule has 2 heterocycles. The fraction of sp³-hybridized carbons (Fsp3) is 0.750. The molecular weight excluding hydrogens is 280 g/mol. The number of piperidine rings is 1. The third-order valence-electron chi connectivity index (χ3n) is 5.17. The molecule has 0 aromatic carbocycles. The molecule has 1 aliphatic carbocycles. The van der Waals surface area contributed by atoms with Crippen LogP contribution < -0.4 is 5.73 Å². The second-order valence-electron chi connectivity index (χ2n) is 6.77. The van der Waals surface area contributed by atoms with Gasteiger partial charge in [0, 0.05) is 44.0 Å². The van der Waals surface area contributed by atoms with Gasteiger partial charge in [-0.2, -0.15) is 0 Å². The number of aliphatic hydroxyl groups excluding tert-OH is 1. The number of carbonyl (C=O) groups is 1. The molecule has 3 rings (SSSR count). The largest absolute Gasteiger partial charge is 0.392 e. The Hall–Kier alpha value is -1.40. The molecule has 1 aliphatic heterocycles. The fourth-order valence-electron chi connectivity index (χ4n) is 3.70. The van der Waals surface area contributed by atoms with Gasteiger partial charge >= 0.3 is 0 Å². The number of aliphatic hydroxyl groups is 1. The maximum Gasteiger partial charge on any atom is 0.225 e. The predicted octanol–water partition coefficient (Wildman–Crippen LogP) is 0.610. The van der Waals surface area contributed by atoms with Crippen LogP contribution in [0, 0.1) is 11.8 Å². The Morgan fingerprint density at radius 2 is 2.05 bits per heavy atom. The molecule has 2 fully saturated rings. The minimum atomic E-state index is -0.440. The van der Waals surface area contributed by atoms with E-state index in [1.807, 2.05) is 17.4 Å². The molecule has 1 amide bonds. The monoisotopic (exact) mass is 306 g/mol. The number of amides is 1. The zero-order valence-corrected chi connectivity index (χ0v) is 13.0. The highest BCUT2D eigenvalue weighted by atomic mass is 16.3. The molecule has 2 aliphatic rings. The van der Waals surface area contributed by atoms with Gasteiger partial charge in [-0.15, -0.1) is 0 Å². The molecule has 3 N–H and O–H groups in total. The van der Waals surface area contributed by atoms with Crippen molar-refractivity contribution >= 4 is 5.91 Å². The van der Waals surface area contributed by atoms with Crippen LogP contribution in [-0.4, -0.2) is 50.7 Å². The van der Waals surface area contributed by atoms with Crippen molar-refractivity contribution in [1.82, 2.24) is 14.5 Å². The van der Waals surface area contributed by atoms with E-state index in [4.69, 9.17) is 5.73 Å². The summed E-state index contributed by atoms with van der Waals surface area (Å²) in [5.41, 5.74) is 5.90. The number of nitrogens with zero attached hydrogens (tertiary/aromatic N) is 3. The van der Waals surface area contributed by atoms with Crippen molar-refractivity contribution in [2.75, 3.05) is 13.1 Å². The maximum atomic E-state index is 12.6. The van der Waals surface area contributed by atoms with Crippen LogP contribution in [0.25, 0.3) is 0 Å². The number of nitrogens with two attached hydrogens (primary N) is 1. The van der Waals surface area contributed by atoms with Crippen LogP contribution in [0.1, 0.15) is 32.1 Å². The fourth-order valence-corrected chi connectivity index (χ4v) is 3.70. The Kier molecular flexibility index (Phi) is 4.78. The summed E-state index contributed by atoms with van der Waals surface area (Å²) in [5.74, 6) is 0.862. The van der Waals surface area contributed by atoms with Crippen molar-refractivity contribution in [3.05, 3.63) is 18.7 Å². The van der Waals surface area contributed by atoms with Crippen molar-refractivity contribution in [2.24, 2.45) is 17.6 Å². The number of rotatable bonds is 3. The number of hydrogen-bond donors (Lipinski definition) is 2. The summed E-state index contributed by atoms with van der Waals surface area (Å²) in [7, 11) is 0. The van der Waals surface area contributed by atoms with Gasteiger partial charge in [0.1, 0.15) is 0 Å². The van der Waals surface area contributed by atoms with Crippen LogP contribution in [0.5, 0.6) is 0 Å². The molecule has 1 aromatic rings. The SMILES string of the molecule is N[C@@H]1C[C@@H](C(=O)N2CCC(Cn3ccnc3)CC2)CC[C@H]1O. The second-order valence-corrected chi connectivity index (χ2v) is 6.77. The number of aromatic nitrogens is 2. The van der Waals surface area contributed by atoms with E-state index < -0.39 is 6.10 Å². The molecule has 0 bridgehead atoms. The van der Waals surface area contributed by atoms with E-state index in [9.17, 15) is 9.90 Å². The average Bonchev–Trinajstić information content (AvgIpc) is 3.03. The zero-order valence-electron chi connectivity index (χ0n) is 13.0. The van der Waals surface area contributed by atoms with Gasteiger partial charge < -0.3 is 20.3 Å². The molecule has 1 saturated carbocycles. The van der Waals surface area contributed by atoms with Crippen molar-refractivity contribution < 1.29 is 9.90 Å². The molecule has 6 nitrogen and oxygen atoms in total. The summed E-state index contributed by atoms with van der Waals surface area (Å²) in [6, 6.07) is -0.249. The van der Waals surface area contributed by atoms with Crippen LogP contribution >= 0.6 is 0 Å². The van der Waals surface area contributed by atoms with Gasteiger partial charge in [0.05, 0.1) is 12.4 Å². The summed E-state index contributed by atoms with van der Waals surface area (Å²) >= 11 is 0. The smallest absolute Gasteiger partial charge is 0.225 e. The zero-order chi connectivity index (χ0) is 15.5. The van der Waals surface area contributed by atoms with Crippen molar-refractivity contribution in [3.8, 4) is 0 Å². The lowest BCUT2D eigenvalue weighted by atomic mass is 9.83. The molecule has 3 atom stereocenters. The maximum absolute atomic E-state index is 12.6. The number of hydrogen-bond acceptors (Lipinski definition) is 4. The van der Waals surface area contributed by atoms with E-state index in [0.29, 0.717) is 18.8 Å². The van der Waals surface area contributed by atoms with Crippen LogP contribution in [0.15, 0.2) is 18.7 Å². The Morgan fingerprint density at radius 3 is 2.68 bits per heavy atom. The quantitative estimate of drug-likeness (QED) is 0.857. The van der Waals surface area contributed by atoms with Gasteiger partial charge in [-0.05, 0) is 38.0 Å². The van der Waals surface area contributed by atoms with E-state index >= 15 is 0 Å². The number of likely N-dealkylation sites (tertiary alicyclic amines) is 1. The summed E-state index contributed by atoms with van der Waals surface area (Å²) < 4.78 is 2.11. The highest BCUT2D eigenvalue weighted by Gasteiger charge is 2.34. The first-order valence-corrected chi connectivity index (χ1v) is 8.31. The van der Waals surface area contributed by atoms with Gasteiger partial charge in [-0.1, -0.05) is 0 Å². The van der Waals surface area contributed by atoms with E-state index in [0.717, 1.165) is 38.9 Å².